The number of fused-ring (bicyclic) bond motifs is 1. The van der Waals surface area contributed by atoms with Gasteiger partial charge in [-0.3, -0.25) is 0 Å². The van der Waals surface area contributed by atoms with Crippen LogP contribution in [-0.4, -0.2) is 50.2 Å². The van der Waals surface area contributed by atoms with Gasteiger partial charge in [0.05, 0.1) is 29.9 Å². The first-order valence-corrected chi connectivity index (χ1v) is 9.06. The number of aromatic amines is 1. The van der Waals surface area contributed by atoms with E-state index in [2.05, 4.69) is 9.97 Å². The monoisotopic (exact) mass is 408 g/mol. The molecule has 154 valence electrons. The van der Waals surface area contributed by atoms with Crippen molar-refractivity contribution in [3.63, 3.8) is 0 Å². The molecule has 2 aromatic carbocycles. The Kier molecular flexibility index (Phi) is 5.07. The lowest BCUT2D eigenvalue weighted by atomic mass is 9.92. The predicted octanol–water partition coefficient (Wildman–Crippen LogP) is 2.79. The third kappa shape index (κ3) is 3.74. The first-order chi connectivity index (χ1) is 13.8. The van der Waals surface area contributed by atoms with Crippen molar-refractivity contribution in [3.05, 3.63) is 53.6 Å². The molecule has 3 aromatic rings. The number of aliphatic hydroxyl groups is 3. The minimum Gasteiger partial charge on any atom is -0.394 e. The molecule has 0 bridgehead atoms. The number of alkyl halides is 3. The molecule has 1 aliphatic heterocycles. The maximum absolute atomic E-state index is 13.2. The Morgan fingerprint density at radius 2 is 1.90 bits per heavy atom. The Labute approximate surface area is 163 Å². The lowest BCUT2D eigenvalue weighted by molar-refractivity contribution is -0.179. The number of halogens is 3. The van der Waals surface area contributed by atoms with E-state index in [4.69, 9.17) is 4.74 Å². The van der Waals surface area contributed by atoms with Crippen LogP contribution in [-0.2, 0) is 10.9 Å². The zero-order valence-electron chi connectivity index (χ0n) is 15.1. The lowest BCUT2D eigenvalue weighted by Crippen LogP contribution is -2.44. The number of imidazole rings is 1. The van der Waals surface area contributed by atoms with E-state index in [0.29, 0.717) is 11.1 Å². The van der Waals surface area contributed by atoms with Crippen molar-refractivity contribution < 1.29 is 33.2 Å². The summed E-state index contributed by atoms with van der Waals surface area (Å²) in [6, 6.07) is 10.4. The van der Waals surface area contributed by atoms with Gasteiger partial charge in [0, 0.05) is 12.0 Å². The summed E-state index contributed by atoms with van der Waals surface area (Å²) in [5, 5.41) is 29.7. The van der Waals surface area contributed by atoms with Crippen molar-refractivity contribution in [2.24, 2.45) is 0 Å². The molecule has 0 amide bonds. The molecule has 1 saturated heterocycles. The van der Waals surface area contributed by atoms with Crippen LogP contribution < -0.4 is 0 Å². The van der Waals surface area contributed by atoms with E-state index in [1.54, 1.807) is 24.3 Å². The maximum Gasteiger partial charge on any atom is 0.418 e. The van der Waals surface area contributed by atoms with E-state index < -0.39 is 36.2 Å². The third-order valence-corrected chi connectivity index (χ3v) is 5.06. The molecule has 0 saturated carbocycles. The van der Waals surface area contributed by atoms with Crippen LogP contribution in [0.3, 0.4) is 0 Å². The summed E-state index contributed by atoms with van der Waals surface area (Å²) < 4.78 is 45.4. The molecule has 6 nitrogen and oxygen atoms in total. The van der Waals surface area contributed by atoms with Gasteiger partial charge in [-0.05, 0) is 23.8 Å². The second-order valence-corrected chi connectivity index (χ2v) is 7.07. The molecule has 1 aromatic heterocycles. The number of aromatic nitrogens is 2. The van der Waals surface area contributed by atoms with Gasteiger partial charge in [-0.1, -0.05) is 24.3 Å². The summed E-state index contributed by atoms with van der Waals surface area (Å²) in [5.41, 5.74) is 0.274. The third-order valence-electron chi connectivity index (χ3n) is 5.06. The number of aliphatic hydroxyl groups excluding tert-OH is 3. The fourth-order valence-electron chi connectivity index (χ4n) is 3.61. The van der Waals surface area contributed by atoms with E-state index in [1.807, 2.05) is 0 Å². The van der Waals surface area contributed by atoms with Crippen LogP contribution in [0, 0.1) is 0 Å². The Morgan fingerprint density at radius 3 is 2.62 bits per heavy atom. The zero-order valence-corrected chi connectivity index (χ0v) is 15.1. The standard InChI is InChI=1S/C20H19F3N2O4/c21-20(22,23)13-5-2-6-14-16(13)25-19(24-14)11-4-1-3-10(7-11)18-17(28)15(27)8-12(9-26)29-18/h1-7,12,15,17-18,26-28H,8-9H2,(H,24,25)/t12-,15-,17-,18+/m0/s1. The lowest BCUT2D eigenvalue weighted by Gasteiger charge is -2.36. The molecule has 0 aliphatic carbocycles. The van der Waals surface area contributed by atoms with Crippen molar-refractivity contribution in [1.82, 2.24) is 9.97 Å². The summed E-state index contributed by atoms with van der Waals surface area (Å²) in [4.78, 5) is 7.02. The van der Waals surface area contributed by atoms with Gasteiger partial charge in [0.25, 0.3) is 0 Å². The van der Waals surface area contributed by atoms with Crippen LogP contribution in [0.25, 0.3) is 22.4 Å². The molecule has 4 N–H and O–H groups in total. The van der Waals surface area contributed by atoms with Crippen molar-refractivity contribution in [1.29, 1.82) is 0 Å². The molecule has 0 unspecified atom stereocenters. The van der Waals surface area contributed by atoms with Gasteiger partial charge in [0.15, 0.2) is 0 Å². The second kappa shape index (κ2) is 7.42. The first kappa shape index (κ1) is 19.8. The van der Waals surface area contributed by atoms with Crippen LogP contribution in [0.4, 0.5) is 13.2 Å². The van der Waals surface area contributed by atoms with Crippen LogP contribution in [0.15, 0.2) is 42.5 Å². The van der Waals surface area contributed by atoms with E-state index in [-0.39, 0.29) is 29.9 Å². The Balaban J connectivity index is 1.72. The Bertz CT molecular complexity index is 1020. The number of ether oxygens (including phenoxy) is 1. The van der Waals surface area contributed by atoms with Crippen LogP contribution in [0.1, 0.15) is 23.7 Å². The fourth-order valence-corrected chi connectivity index (χ4v) is 3.61. The van der Waals surface area contributed by atoms with Crippen molar-refractivity contribution in [2.45, 2.75) is 37.0 Å². The minimum atomic E-state index is -4.52. The molecular weight excluding hydrogens is 389 g/mol. The second-order valence-electron chi connectivity index (χ2n) is 7.07. The number of para-hydroxylation sites is 1. The van der Waals surface area contributed by atoms with Gasteiger partial charge in [0.1, 0.15) is 23.5 Å². The summed E-state index contributed by atoms with van der Waals surface area (Å²) >= 11 is 0. The van der Waals surface area contributed by atoms with Crippen molar-refractivity contribution >= 4 is 11.0 Å². The average molecular weight is 408 g/mol. The SMILES string of the molecule is OC[C@@H]1C[C@H](O)[C@H](O)[C@@H](c2cccc(-c3nc4c(C(F)(F)F)cccc4[nH]3)c2)O1. The molecule has 0 spiro atoms. The molecule has 9 heteroatoms. The first-order valence-electron chi connectivity index (χ1n) is 9.06. The van der Waals surface area contributed by atoms with Gasteiger partial charge < -0.3 is 25.0 Å². The van der Waals surface area contributed by atoms with E-state index >= 15 is 0 Å². The normalized spacial score (nSPS) is 25.4. The number of rotatable bonds is 3. The van der Waals surface area contributed by atoms with Gasteiger partial charge in [-0.25, -0.2) is 4.98 Å². The minimum absolute atomic E-state index is 0.109. The molecule has 2 heterocycles. The maximum atomic E-state index is 13.2. The number of nitrogens with zero attached hydrogens (tertiary/aromatic N) is 1. The number of nitrogens with one attached hydrogen (secondary N) is 1. The average Bonchev–Trinajstić information content (AvgIpc) is 3.13. The number of hydrogen-bond acceptors (Lipinski definition) is 5. The summed E-state index contributed by atoms with van der Waals surface area (Å²) in [6.45, 7) is -0.302. The Morgan fingerprint density at radius 1 is 1.14 bits per heavy atom. The molecule has 4 atom stereocenters. The summed E-state index contributed by atoms with van der Waals surface area (Å²) in [6.07, 6.45) is -8.18. The quantitative estimate of drug-likeness (QED) is 0.534. The van der Waals surface area contributed by atoms with Gasteiger partial charge in [-0.15, -0.1) is 0 Å². The van der Waals surface area contributed by atoms with Gasteiger partial charge in [-0.2, -0.15) is 13.2 Å². The van der Waals surface area contributed by atoms with E-state index in [9.17, 15) is 28.5 Å². The topological polar surface area (TPSA) is 98.6 Å². The molecule has 0 radical (unpaired) electrons. The number of hydrogen-bond donors (Lipinski definition) is 4. The van der Waals surface area contributed by atoms with Crippen molar-refractivity contribution in [3.8, 4) is 11.4 Å². The number of benzene rings is 2. The van der Waals surface area contributed by atoms with Gasteiger partial charge in [0.2, 0.25) is 0 Å². The molecular formula is C20H19F3N2O4. The highest BCUT2D eigenvalue weighted by molar-refractivity contribution is 5.83. The predicted molar refractivity (Wildman–Crippen MR) is 97.9 cm³/mol. The van der Waals surface area contributed by atoms with Crippen LogP contribution in [0.5, 0.6) is 0 Å². The van der Waals surface area contributed by atoms with Crippen molar-refractivity contribution in [2.75, 3.05) is 6.61 Å². The van der Waals surface area contributed by atoms with Crippen LogP contribution in [0.2, 0.25) is 0 Å². The Hall–Kier alpha value is -2.46. The fraction of sp³-hybridized carbons (Fsp3) is 0.350. The molecule has 4 rings (SSSR count). The molecule has 29 heavy (non-hydrogen) atoms. The smallest absolute Gasteiger partial charge is 0.394 e. The largest absolute Gasteiger partial charge is 0.418 e. The molecule has 1 fully saturated rings. The molecule has 1 aliphatic rings. The zero-order chi connectivity index (χ0) is 20.8. The van der Waals surface area contributed by atoms with Crippen LogP contribution >= 0.6 is 0 Å². The van der Waals surface area contributed by atoms with Gasteiger partial charge >= 0.3 is 6.18 Å². The summed E-state index contributed by atoms with van der Waals surface area (Å²) in [7, 11) is 0. The van der Waals surface area contributed by atoms with E-state index in [1.165, 1.54) is 12.1 Å². The highest BCUT2D eigenvalue weighted by Crippen LogP contribution is 2.36. The highest BCUT2D eigenvalue weighted by atomic mass is 19.4. The van der Waals surface area contributed by atoms with E-state index in [0.717, 1.165) is 6.07 Å². The number of H-pyrrole nitrogens is 1. The summed E-state index contributed by atoms with van der Waals surface area (Å²) in [5.74, 6) is 0.239. The highest BCUT2D eigenvalue weighted by Gasteiger charge is 2.37.